The van der Waals surface area contributed by atoms with Crippen LogP contribution in [0.2, 0.25) is 0 Å². The maximum absolute atomic E-state index is 14.5. The number of Topliss-reactive ketones (excluding diaryl/α,β-unsaturated/α-hetero) is 1. The highest BCUT2D eigenvalue weighted by atomic mass is 32.1. The molecule has 11 heteroatoms. The van der Waals surface area contributed by atoms with E-state index in [1.165, 1.54) is 5.56 Å². The molecule has 2 fully saturated rings. The predicted octanol–water partition coefficient (Wildman–Crippen LogP) is 7.47. The van der Waals surface area contributed by atoms with E-state index in [4.69, 9.17) is 19.4 Å². The molecule has 4 heterocycles. The van der Waals surface area contributed by atoms with Crippen LogP contribution in [0.3, 0.4) is 0 Å². The largest absolute Gasteiger partial charge is 0.481 e. The van der Waals surface area contributed by atoms with Crippen molar-refractivity contribution in [2.24, 2.45) is 17.3 Å². The van der Waals surface area contributed by atoms with Gasteiger partial charge in [0.25, 0.3) is 0 Å². The smallest absolute Gasteiger partial charge is 0.310 e. The molecule has 0 bridgehead atoms. The lowest BCUT2D eigenvalue weighted by Crippen LogP contribution is -2.45. The molecule has 0 unspecified atom stereocenters. The molecule has 2 aliphatic heterocycles. The maximum Gasteiger partial charge on any atom is 0.310 e. The van der Waals surface area contributed by atoms with Gasteiger partial charge in [0.2, 0.25) is 11.8 Å². The number of pyridine rings is 1. The Morgan fingerprint density at radius 3 is 2.61 bits per heavy atom. The number of thiazole rings is 1. The van der Waals surface area contributed by atoms with E-state index in [9.17, 15) is 24.3 Å². The third kappa shape index (κ3) is 8.56. The van der Waals surface area contributed by atoms with Crippen molar-refractivity contribution in [1.29, 1.82) is 0 Å². The standard InChI is InChI=1S/C40H53N3O7S/c1-24(2)31-23-51-36(42-31)30-17-25-13-11-12-16-29(25)35(41-30)49-28-19-32-33(44)21-40(38(47)48)20-27(40)15-10-8-6-7-9-14-26(37(46)43(32)22-28)18-34(45)50-39(3,4)5/h10,15,17,23-24,26-28,32H,6-9,11-14,16,18-22H2,1-5H3,(H,47,48)/b15-10-/t26-,27-,28-,32+,40-/m1/s1. The molecular weight excluding hydrogens is 667 g/mol. The molecule has 6 rings (SSSR count). The number of nitrogens with zero attached hydrogens (tertiary/aromatic N) is 3. The lowest BCUT2D eigenvalue weighted by molar-refractivity contribution is -0.159. The minimum Gasteiger partial charge on any atom is -0.481 e. The lowest BCUT2D eigenvalue weighted by Gasteiger charge is -2.29. The van der Waals surface area contributed by atoms with Gasteiger partial charge in [0, 0.05) is 29.7 Å². The van der Waals surface area contributed by atoms with Crippen molar-refractivity contribution in [3.05, 3.63) is 40.4 Å². The SMILES string of the molecule is CC(C)c1csc(-c2cc3c(c(O[C@@H]4C[C@H]5C(=O)C[C@]6(C(=O)O)C[C@H]6/C=C\CCCCC[C@H](CC(=O)OC(C)(C)C)C(=O)N5C4)n2)CCCC3)n1. The molecule has 2 aromatic heterocycles. The van der Waals surface area contributed by atoms with Crippen LogP contribution in [0.1, 0.15) is 128 Å². The van der Waals surface area contributed by atoms with E-state index in [0.29, 0.717) is 24.6 Å². The molecule has 5 atom stereocenters. The third-order valence-electron chi connectivity index (χ3n) is 10.9. The fraction of sp³-hybridized carbons (Fsp3) is 0.650. The second-order valence-electron chi connectivity index (χ2n) is 16.3. The molecule has 1 saturated heterocycles. The number of aryl methyl sites for hydroxylation is 1. The summed E-state index contributed by atoms with van der Waals surface area (Å²) in [5, 5.41) is 13.2. The number of carbonyl (C=O) groups excluding carboxylic acids is 3. The van der Waals surface area contributed by atoms with Crippen molar-refractivity contribution in [1.82, 2.24) is 14.9 Å². The predicted molar refractivity (Wildman–Crippen MR) is 195 cm³/mol. The normalized spacial score (nSPS) is 27.8. The third-order valence-corrected chi connectivity index (χ3v) is 11.7. The van der Waals surface area contributed by atoms with Crippen LogP contribution in [0.25, 0.3) is 10.7 Å². The molecule has 0 radical (unpaired) electrons. The number of carboxylic acid groups (broad SMARTS) is 1. The zero-order valence-electron chi connectivity index (χ0n) is 30.7. The molecule has 1 N–H and O–H groups in total. The van der Waals surface area contributed by atoms with E-state index in [1.807, 2.05) is 12.2 Å². The highest BCUT2D eigenvalue weighted by Gasteiger charge is 2.61. The molecule has 4 aliphatic rings. The highest BCUT2D eigenvalue weighted by Crippen LogP contribution is 2.57. The van der Waals surface area contributed by atoms with E-state index >= 15 is 0 Å². The second-order valence-corrected chi connectivity index (χ2v) is 17.2. The van der Waals surface area contributed by atoms with Crippen LogP contribution >= 0.6 is 11.3 Å². The van der Waals surface area contributed by atoms with E-state index in [-0.39, 0.29) is 43.4 Å². The Balaban J connectivity index is 1.31. The topological polar surface area (TPSA) is 136 Å². The van der Waals surface area contributed by atoms with Crippen LogP contribution < -0.4 is 4.74 Å². The quantitative estimate of drug-likeness (QED) is 0.228. The molecular formula is C40H53N3O7S. The van der Waals surface area contributed by atoms with Crippen molar-refractivity contribution < 1.29 is 33.8 Å². The summed E-state index contributed by atoms with van der Waals surface area (Å²) >= 11 is 1.56. The van der Waals surface area contributed by atoms with E-state index in [2.05, 4.69) is 25.3 Å². The number of ether oxygens (including phenoxy) is 2. The van der Waals surface area contributed by atoms with Crippen LogP contribution in [0.15, 0.2) is 23.6 Å². The summed E-state index contributed by atoms with van der Waals surface area (Å²) in [6.07, 6.45) is 11.5. The first-order valence-electron chi connectivity index (χ1n) is 18.8. The lowest BCUT2D eigenvalue weighted by atomic mass is 9.91. The zero-order valence-corrected chi connectivity index (χ0v) is 31.6. The van der Waals surface area contributed by atoms with Gasteiger partial charge in [-0.15, -0.1) is 11.3 Å². The van der Waals surface area contributed by atoms with Gasteiger partial charge >= 0.3 is 11.9 Å². The number of esters is 1. The van der Waals surface area contributed by atoms with Crippen LogP contribution in [-0.2, 0) is 36.8 Å². The summed E-state index contributed by atoms with van der Waals surface area (Å²) in [6.45, 7) is 9.79. The van der Waals surface area contributed by atoms with Crippen LogP contribution in [0.4, 0.5) is 0 Å². The first-order valence-corrected chi connectivity index (χ1v) is 19.7. The second kappa shape index (κ2) is 15.2. The van der Waals surface area contributed by atoms with E-state index in [0.717, 1.165) is 73.3 Å². The van der Waals surface area contributed by atoms with Crippen molar-refractivity contribution in [2.75, 3.05) is 6.54 Å². The Morgan fingerprint density at radius 2 is 1.88 bits per heavy atom. The number of fused-ring (bicyclic) bond motifs is 3. The summed E-state index contributed by atoms with van der Waals surface area (Å²) in [4.78, 5) is 65.8. The zero-order chi connectivity index (χ0) is 36.5. The minimum atomic E-state index is -1.16. The van der Waals surface area contributed by atoms with Gasteiger partial charge in [-0.25, -0.2) is 9.97 Å². The van der Waals surface area contributed by atoms with Gasteiger partial charge in [0.15, 0.2) is 5.78 Å². The minimum absolute atomic E-state index is 0.0800. The van der Waals surface area contributed by atoms with Gasteiger partial charge in [-0.05, 0) is 95.6 Å². The molecule has 51 heavy (non-hydrogen) atoms. The van der Waals surface area contributed by atoms with Gasteiger partial charge in [-0.1, -0.05) is 38.8 Å². The Kier molecular flexibility index (Phi) is 11.1. The fourth-order valence-electron chi connectivity index (χ4n) is 7.93. The fourth-order valence-corrected chi connectivity index (χ4v) is 8.87. The van der Waals surface area contributed by atoms with Gasteiger partial charge in [0.1, 0.15) is 22.4 Å². The number of allylic oxidation sites excluding steroid dienone is 2. The summed E-state index contributed by atoms with van der Waals surface area (Å²) in [5.74, 6) is -2.02. The number of hydrogen-bond acceptors (Lipinski definition) is 9. The summed E-state index contributed by atoms with van der Waals surface area (Å²) in [5.41, 5.74) is 2.18. The molecule has 2 aromatic rings. The number of carboxylic acids is 1. The number of amides is 1. The molecule has 0 spiro atoms. The molecule has 0 aromatic carbocycles. The van der Waals surface area contributed by atoms with Crippen molar-refractivity contribution >= 4 is 35.0 Å². The average molecular weight is 720 g/mol. The van der Waals surface area contributed by atoms with Crippen molar-refractivity contribution in [2.45, 2.75) is 142 Å². The first-order chi connectivity index (χ1) is 24.2. The molecule has 1 amide bonds. The van der Waals surface area contributed by atoms with Crippen LogP contribution in [-0.4, -0.2) is 67.9 Å². The van der Waals surface area contributed by atoms with Gasteiger partial charge in [-0.3, -0.25) is 19.2 Å². The Morgan fingerprint density at radius 1 is 1.10 bits per heavy atom. The van der Waals surface area contributed by atoms with Gasteiger partial charge in [0.05, 0.1) is 30.1 Å². The Labute approximate surface area is 305 Å². The Hall–Kier alpha value is -3.60. The molecule has 1 saturated carbocycles. The van der Waals surface area contributed by atoms with E-state index < -0.39 is 41.0 Å². The van der Waals surface area contributed by atoms with Crippen LogP contribution in [0.5, 0.6) is 5.88 Å². The molecule has 276 valence electrons. The summed E-state index contributed by atoms with van der Waals surface area (Å²) in [6, 6.07) is 1.27. The van der Waals surface area contributed by atoms with Crippen molar-refractivity contribution in [3.63, 3.8) is 0 Å². The number of aliphatic carboxylic acids is 1. The number of ketones is 1. The maximum atomic E-state index is 14.5. The van der Waals surface area contributed by atoms with Crippen LogP contribution in [0, 0.1) is 17.3 Å². The number of rotatable bonds is 7. The number of hydrogen-bond donors (Lipinski definition) is 1. The molecule has 2 aliphatic carbocycles. The highest BCUT2D eigenvalue weighted by molar-refractivity contribution is 7.13. The monoisotopic (exact) mass is 719 g/mol. The summed E-state index contributed by atoms with van der Waals surface area (Å²) in [7, 11) is 0. The van der Waals surface area contributed by atoms with Gasteiger partial charge < -0.3 is 19.5 Å². The number of aromatic nitrogens is 2. The first kappa shape index (κ1) is 37.2. The summed E-state index contributed by atoms with van der Waals surface area (Å²) < 4.78 is 12.4. The average Bonchev–Trinajstić information content (AvgIpc) is 3.36. The van der Waals surface area contributed by atoms with Crippen molar-refractivity contribution in [3.8, 4) is 16.6 Å². The van der Waals surface area contributed by atoms with E-state index in [1.54, 1.807) is 37.0 Å². The van der Waals surface area contributed by atoms with Gasteiger partial charge in [-0.2, -0.15) is 0 Å². The number of carbonyl (C=O) groups is 4. The molecule has 10 nitrogen and oxygen atoms in total. The Bertz CT molecular complexity index is 1680.